The smallest absolute Gasteiger partial charge is 0.142 e. The van der Waals surface area contributed by atoms with Crippen molar-refractivity contribution in [3.05, 3.63) is 46.3 Å². The Kier molecular flexibility index (Phi) is 2.97. The summed E-state index contributed by atoms with van der Waals surface area (Å²) >= 11 is 3.31. The summed E-state index contributed by atoms with van der Waals surface area (Å²) in [6.07, 6.45) is 0. The SMILES string of the molecule is Cc1ccc(-c2nc(-c3nc(C)cs3)cs2)cc1. The number of aromatic nitrogens is 2. The van der Waals surface area contributed by atoms with Crippen molar-refractivity contribution in [2.75, 3.05) is 0 Å². The standard InChI is InChI=1S/C14H12N2S2/c1-9-3-5-11(6-4-9)13-16-12(8-18-13)14-15-10(2)7-17-14/h3-8H,1-2H3. The molecule has 3 rings (SSSR count). The molecule has 0 saturated heterocycles. The third-order valence-electron chi connectivity index (χ3n) is 2.64. The van der Waals surface area contributed by atoms with Crippen LogP contribution in [0, 0.1) is 13.8 Å². The predicted molar refractivity (Wildman–Crippen MR) is 78.1 cm³/mol. The molecule has 0 aliphatic rings. The second-order valence-electron chi connectivity index (χ2n) is 4.20. The summed E-state index contributed by atoms with van der Waals surface area (Å²) in [6, 6.07) is 8.46. The van der Waals surface area contributed by atoms with Gasteiger partial charge in [-0.1, -0.05) is 29.8 Å². The summed E-state index contributed by atoms with van der Waals surface area (Å²) < 4.78 is 0. The van der Waals surface area contributed by atoms with Gasteiger partial charge in [0, 0.05) is 22.0 Å². The molecule has 3 aromatic rings. The molecule has 2 nitrogen and oxygen atoms in total. The Balaban J connectivity index is 1.96. The first kappa shape index (κ1) is 11.6. The number of benzene rings is 1. The van der Waals surface area contributed by atoms with Crippen LogP contribution in [0.15, 0.2) is 35.0 Å². The molecule has 0 aliphatic heterocycles. The topological polar surface area (TPSA) is 25.8 Å². The van der Waals surface area contributed by atoms with E-state index in [2.05, 4.69) is 51.9 Å². The minimum Gasteiger partial charge on any atom is -0.240 e. The summed E-state index contributed by atoms with van der Waals surface area (Å²) in [5.74, 6) is 0. The molecular formula is C14H12N2S2. The Hall–Kier alpha value is -1.52. The van der Waals surface area contributed by atoms with E-state index in [1.165, 1.54) is 11.1 Å². The van der Waals surface area contributed by atoms with Crippen molar-refractivity contribution in [2.24, 2.45) is 0 Å². The lowest BCUT2D eigenvalue weighted by Gasteiger charge is -1.96. The zero-order valence-corrected chi connectivity index (χ0v) is 11.8. The van der Waals surface area contributed by atoms with Crippen molar-refractivity contribution in [3.8, 4) is 21.3 Å². The molecule has 0 saturated carbocycles. The van der Waals surface area contributed by atoms with Crippen LogP contribution in [0.1, 0.15) is 11.3 Å². The van der Waals surface area contributed by atoms with Crippen molar-refractivity contribution in [1.29, 1.82) is 0 Å². The Bertz CT molecular complexity index is 665. The highest BCUT2D eigenvalue weighted by molar-refractivity contribution is 7.15. The lowest BCUT2D eigenvalue weighted by atomic mass is 10.2. The fourth-order valence-corrected chi connectivity index (χ4v) is 3.31. The van der Waals surface area contributed by atoms with Crippen molar-refractivity contribution >= 4 is 22.7 Å². The van der Waals surface area contributed by atoms with E-state index in [0.717, 1.165) is 21.4 Å². The predicted octanol–water partition coefficient (Wildman–Crippen LogP) is 4.55. The highest BCUT2D eigenvalue weighted by Crippen LogP contribution is 2.30. The molecule has 0 unspecified atom stereocenters. The summed E-state index contributed by atoms with van der Waals surface area (Å²) in [7, 11) is 0. The van der Waals surface area contributed by atoms with Crippen LogP contribution in [0.3, 0.4) is 0 Å². The van der Waals surface area contributed by atoms with Gasteiger partial charge in [0.2, 0.25) is 0 Å². The lowest BCUT2D eigenvalue weighted by Crippen LogP contribution is -1.79. The molecule has 4 heteroatoms. The number of aryl methyl sites for hydroxylation is 2. The molecule has 1 aromatic carbocycles. The fraction of sp³-hybridized carbons (Fsp3) is 0.143. The summed E-state index contributed by atoms with van der Waals surface area (Å²) in [4.78, 5) is 9.12. The molecule has 0 N–H and O–H groups in total. The molecule has 0 bridgehead atoms. The Labute approximate surface area is 114 Å². The maximum absolute atomic E-state index is 4.66. The molecule has 0 atom stereocenters. The van der Waals surface area contributed by atoms with Crippen LogP contribution in [-0.4, -0.2) is 9.97 Å². The van der Waals surface area contributed by atoms with E-state index < -0.39 is 0 Å². The molecule has 0 spiro atoms. The number of thiazole rings is 2. The highest BCUT2D eigenvalue weighted by atomic mass is 32.1. The second kappa shape index (κ2) is 4.63. The molecule has 2 heterocycles. The zero-order valence-electron chi connectivity index (χ0n) is 10.2. The van der Waals surface area contributed by atoms with Crippen LogP contribution in [0.25, 0.3) is 21.3 Å². The van der Waals surface area contributed by atoms with Crippen LogP contribution >= 0.6 is 22.7 Å². The van der Waals surface area contributed by atoms with Gasteiger partial charge in [-0.2, -0.15) is 0 Å². The summed E-state index contributed by atoms with van der Waals surface area (Å²) in [6.45, 7) is 4.10. The largest absolute Gasteiger partial charge is 0.240 e. The van der Waals surface area contributed by atoms with Crippen molar-refractivity contribution in [1.82, 2.24) is 9.97 Å². The van der Waals surface area contributed by atoms with Gasteiger partial charge in [-0.15, -0.1) is 22.7 Å². The average molecular weight is 272 g/mol. The average Bonchev–Trinajstić information content (AvgIpc) is 2.98. The van der Waals surface area contributed by atoms with Crippen molar-refractivity contribution < 1.29 is 0 Å². The van der Waals surface area contributed by atoms with Gasteiger partial charge < -0.3 is 0 Å². The van der Waals surface area contributed by atoms with Crippen LogP contribution in [0.5, 0.6) is 0 Å². The van der Waals surface area contributed by atoms with Gasteiger partial charge in [0.05, 0.1) is 0 Å². The first-order valence-electron chi connectivity index (χ1n) is 5.67. The highest BCUT2D eigenvalue weighted by Gasteiger charge is 2.09. The van der Waals surface area contributed by atoms with E-state index in [9.17, 15) is 0 Å². The van der Waals surface area contributed by atoms with Crippen molar-refractivity contribution in [3.63, 3.8) is 0 Å². The Morgan fingerprint density at radius 3 is 2.22 bits per heavy atom. The lowest BCUT2D eigenvalue weighted by molar-refractivity contribution is 1.25. The van der Waals surface area contributed by atoms with E-state index in [4.69, 9.17) is 0 Å². The first-order chi connectivity index (χ1) is 8.72. The van der Waals surface area contributed by atoms with Gasteiger partial charge in [-0.3, -0.25) is 0 Å². The Morgan fingerprint density at radius 1 is 0.833 bits per heavy atom. The van der Waals surface area contributed by atoms with Gasteiger partial charge in [0.25, 0.3) is 0 Å². The molecule has 2 aromatic heterocycles. The molecule has 18 heavy (non-hydrogen) atoms. The van der Waals surface area contributed by atoms with E-state index in [1.807, 2.05) is 6.92 Å². The van der Waals surface area contributed by atoms with Crippen LogP contribution in [0.4, 0.5) is 0 Å². The molecule has 90 valence electrons. The van der Waals surface area contributed by atoms with Gasteiger partial charge in [-0.25, -0.2) is 9.97 Å². The monoisotopic (exact) mass is 272 g/mol. The minimum atomic E-state index is 0.980. The molecule has 0 aliphatic carbocycles. The molecular weight excluding hydrogens is 260 g/mol. The van der Waals surface area contributed by atoms with Gasteiger partial charge in [0.15, 0.2) is 0 Å². The number of hydrogen-bond acceptors (Lipinski definition) is 4. The Morgan fingerprint density at radius 2 is 1.56 bits per heavy atom. The summed E-state index contributed by atoms with van der Waals surface area (Å²) in [5.41, 5.74) is 4.48. The molecule has 0 fully saturated rings. The van der Waals surface area contributed by atoms with Crippen LogP contribution in [0.2, 0.25) is 0 Å². The molecule has 0 amide bonds. The van der Waals surface area contributed by atoms with Crippen LogP contribution < -0.4 is 0 Å². The van der Waals surface area contributed by atoms with Gasteiger partial charge in [-0.05, 0) is 13.8 Å². The normalized spacial score (nSPS) is 10.8. The van der Waals surface area contributed by atoms with Gasteiger partial charge >= 0.3 is 0 Å². The molecule has 0 radical (unpaired) electrons. The van der Waals surface area contributed by atoms with Crippen LogP contribution in [-0.2, 0) is 0 Å². The maximum Gasteiger partial charge on any atom is 0.142 e. The fourth-order valence-electron chi connectivity index (χ4n) is 1.67. The number of nitrogens with zero attached hydrogens (tertiary/aromatic N) is 2. The van der Waals surface area contributed by atoms with Gasteiger partial charge in [0.1, 0.15) is 15.7 Å². The number of rotatable bonds is 2. The second-order valence-corrected chi connectivity index (χ2v) is 5.91. The maximum atomic E-state index is 4.66. The van der Waals surface area contributed by atoms with E-state index >= 15 is 0 Å². The van der Waals surface area contributed by atoms with E-state index in [1.54, 1.807) is 22.7 Å². The number of hydrogen-bond donors (Lipinski definition) is 0. The first-order valence-corrected chi connectivity index (χ1v) is 7.43. The third-order valence-corrected chi connectivity index (χ3v) is 4.51. The quantitative estimate of drug-likeness (QED) is 0.684. The van der Waals surface area contributed by atoms with Crippen molar-refractivity contribution in [2.45, 2.75) is 13.8 Å². The van der Waals surface area contributed by atoms with E-state index in [-0.39, 0.29) is 0 Å². The summed E-state index contributed by atoms with van der Waals surface area (Å²) in [5, 5.41) is 6.19. The zero-order chi connectivity index (χ0) is 12.5. The minimum absolute atomic E-state index is 0.980. The van der Waals surface area contributed by atoms with E-state index in [0.29, 0.717) is 0 Å². The third kappa shape index (κ3) is 2.21.